The van der Waals surface area contributed by atoms with Gasteiger partial charge in [0.25, 0.3) is 0 Å². The summed E-state index contributed by atoms with van der Waals surface area (Å²) in [6.45, 7) is 5.99. The van der Waals surface area contributed by atoms with Crippen molar-refractivity contribution in [3.63, 3.8) is 0 Å². The molecule has 0 aliphatic rings. The summed E-state index contributed by atoms with van der Waals surface area (Å²) >= 11 is 0. The van der Waals surface area contributed by atoms with Crippen molar-refractivity contribution < 1.29 is 14.4 Å². The van der Waals surface area contributed by atoms with E-state index < -0.39 is 5.97 Å². The van der Waals surface area contributed by atoms with Crippen molar-refractivity contribution in [3.05, 3.63) is 95.8 Å². The monoisotopic (exact) mass is 437 g/mol. The molecule has 0 spiro atoms. The number of aromatic carboxylic acids is 1. The minimum absolute atomic E-state index is 0.000612. The largest absolute Gasteiger partial charge is 0.478 e. The SMILES string of the molecule is Cc1noc(C)c1-c1ccc2c(-c3ccc(C(=O)O)cc3)cn([C@@H](C)c3ccccn3)c2c1. The van der Waals surface area contributed by atoms with Crippen LogP contribution >= 0.6 is 0 Å². The van der Waals surface area contributed by atoms with E-state index in [1.54, 1.807) is 18.3 Å². The minimum atomic E-state index is -0.933. The molecule has 0 amide bonds. The van der Waals surface area contributed by atoms with Crippen LogP contribution in [-0.2, 0) is 0 Å². The van der Waals surface area contributed by atoms with Gasteiger partial charge in [-0.2, -0.15) is 0 Å². The smallest absolute Gasteiger partial charge is 0.335 e. The van der Waals surface area contributed by atoms with Crippen molar-refractivity contribution in [2.45, 2.75) is 26.8 Å². The van der Waals surface area contributed by atoms with Gasteiger partial charge in [-0.3, -0.25) is 4.98 Å². The van der Waals surface area contributed by atoms with Crippen molar-refractivity contribution in [1.82, 2.24) is 14.7 Å². The van der Waals surface area contributed by atoms with Crippen molar-refractivity contribution in [3.8, 4) is 22.3 Å². The number of carbonyl (C=O) groups is 1. The van der Waals surface area contributed by atoms with Crippen molar-refractivity contribution >= 4 is 16.9 Å². The zero-order chi connectivity index (χ0) is 23.1. The number of pyridine rings is 1. The molecule has 6 heteroatoms. The Hall–Kier alpha value is -4.19. The highest BCUT2D eigenvalue weighted by Gasteiger charge is 2.19. The van der Waals surface area contributed by atoms with Crippen LogP contribution in [0.4, 0.5) is 0 Å². The zero-order valence-corrected chi connectivity index (χ0v) is 18.6. The Balaban J connectivity index is 1.72. The quantitative estimate of drug-likeness (QED) is 0.350. The van der Waals surface area contributed by atoms with Crippen molar-refractivity contribution in [2.24, 2.45) is 0 Å². The van der Waals surface area contributed by atoms with E-state index in [2.05, 4.69) is 46.0 Å². The molecule has 2 aromatic carbocycles. The predicted octanol–water partition coefficient (Wildman–Crippen LogP) is 6.28. The fourth-order valence-corrected chi connectivity index (χ4v) is 4.41. The Kier molecular flexibility index (Phi) is 5.05. The normalized spacial score (nSPS) is 12.2. The molecule has 1 N–H and O–H groups in total. The number of nitrogens with zero attached hydrogens (tertiary/aromatic N) is 3. The highest BCUT2D eigenvalue weighted by atomic mass is 16.5. The van der Waals surface area contributed by atoms with E-state index in [1.807, 2.05) is 44.2 Å². The first-order valence-corrected chi connectivity index (χ1v) is 10.8. The average Bonchev–Trinajstić information content (AvgIpc) is 3.38. The summed E-state index contributed by atoms with van der Waals surface area (Å²) in [6, 6.07) is 19.3. The van der Waals surface area contributed by atoms with Crippen LogP contribution < -0.4 is 0 Å². The molecule has 0 saturated carbocycles. The van der Waals surface area contributed by atoms with Gasteiger partial charge < -0.3 is 14.2 Å². The van der Waals surface area contributed by atoms with Gasteiger partial charge in [-0.1, -0.05) is 35.5 Å². The molecule has 0 radical (unpaired) electrons. The number of carboxylic acids is 1. The summed E-state index contributed by atoms with van der Waals surface area (Å²) in [5.41, 5.74) is 7.18. The number of aromatic nitrogens is 3. The van der Waals surface area contributed by atoms with Crippen LogP contribution in [0.2, 0.25) is 0 Å². The molecule has 3 heterocycles. The van der Waals surface area contributed by atoms with E-state index in [-0.39, 0.29) is 11.6 Å². The maximum atomic E-state index is 11.3. The summed E-state index contributed by atoms with van der Waals surface area (Å²) in [5.74, 6) is -0.149. The summed E-state index contributed by atoms with van der Waals surface area (Å²) in [5, 5.41) is 14.5. The molecule has 6 nitrogen and oxygen atoms in total. The van der Waals surface area contributed by atoms with Gasteiger partial charge in [0.1, 0.15) is 5.76 Å². The van der Waals surface area contributed by atoms with Crippen LogP contribution in [-0.4, -0.2) is 25.8 Å². The fourth-order valence-electron chi connectivity index (χ4n) is 4.41. The summed E-state index contributed by atoms with van der Waals surface area (Å²) < 4.78 is 7.62. The van der Waals surface area contributed by atoms with Gasteiger partial charge in [-0.15, -0.1) is 0 Å². The Labute approximate surface area is 191 Å². The number of benzene rings is 2. The second kappa shape index (κ2) is 8.06. The lowest BCUT2D eigenvalue weighted by Gasteiger charge is -2.15. The highest BCUT2D eigenvalue weighted by molar-refractivity contribution is 5.99. The van der Waals surface area contributed by atoms with E-state index in [0.29, 0.717) is 0 Å². The predicted molar refractivity (Wildman–Crippen MR) is 127 cm³/mol. The second-order valence-electron chi connectivity index (χ2n) is 8.19. The molecule has 0 unspecified atom stereocenters. The Morgan fingerprint density at radius 1 is 1.03 bits per heavy atom. The van der Waals surface area contributed by atoms with E-state index in [1.165, 1.54) is 0 Å². The highest BCUT2D eigenvalue weighted by Crippen LogP contribution is 2.37. The molecule has 0 aliphatic carbocycles. The van der Waals surface area contributed by atoms with Crippen LogP contribution in [0.25, 0.3) is 33.2 Å². The molecule has 1 atom stereocenters. The third kappa shape index (κ3) is 3.59. The molecule has 0 bridgehead atoms. The van der Waals surface area contributed by atoms with Gasteiger partial charge in [0, 0.05) is 34.4 Å². The van der Waals surface area contributed by atoms with Gasteiger partial charge in [-0.05, 0) is 62.2 Å². The first kappa shape index (κ1) is 20.7. The van der Waals surface area contributed by atoms with Crippen LogP contribution in [0.3, 0.4) is 0 Å². The molecule has 5 rings (SSSR count). The number of fused-ring (bicyclic) bond motifs is 1. The fraction of sp³-hybridized carbons (Fsp3) is 0.148. The lowest BCUT2D eigenvalue weighted by Crippen LogP contribution is -2.07. The van der Waals surface area contributed by atoms with Crippen LogP contribution in [0.15, 0.2) is 77.6 Å². The molecule has 0 fully saturated rings. The number of hydrogen-bond acceptors (Lipinski definition) is 4. The molecule has 164 valence electrons. The van der Waals surface area contributed by atoms with Gasteiger partial charge in [-0.25, -0.2) is 4.79 Å². The van der Waals surface area contributed by atoms with Gasteiger partial charge >= 0.3 is 5.97 Å². The lowest BCUT2D eigenvalue weighted by molar-refractivity contribution is 0.0697. The van der Waals surface area contributed by atoms with Crippen LogP contribution in [0.1, 0.15) is 40.5 Å². The molecular weight excluding hydrogens is 414 g/mol. The third-order valence-electron chi connectivity index (χ3n) is 6.13. The number of carboxylic acid groups (broad SMARTS) is 1. The Bertz CT molecular complexity index is 1440. The third-order valence-corrected chi connectivity index (χ3v) is 6.13. The summed E-state index contributed by atoms with van der Waals surface area (Å²) in [6.07, 6.45) is 3.93. The molecular formula is C27H23N3O3. The van der Waals surface area contributed by atoms with Crippen molar-refractivity contribution in [2.75, 3.05) is 0 Å². The topological polar surface area (TPSA) is 81.1 Å². The van der Waals surface area contributed by atoms with E-state index >= 15 is 0 Å². The van der Waals surface area contributed by atoms with Crippen LogP contribution in [0, 0.1) is 13.8 Å². The van der Waals surface area contributed by atoms with E-state index in [4.69, 9.17) is 4.52 Å². The Morgan fingerprint density at radius 3 is 2.42 bits per heavy atom. The minimum Gasteiger partial charge on any atom is -0.478 e. The molecule has 0 saturated heterocycles. The first-order chi connectivity index (χ1) is 15.9. The number of rotatable bonds is 5. The standard InChI is InChI=1S/C27H23N3O3/c1-16-26(18(3)33-29-16)21-11-12-22-23(19-7-9-20(10-8-19)27(31)32)15-30(25(22)14-21)17(2)24-6-4-5-13-28-24/h4-15,17H,1-3H3,(H,31,32)/t17-/m0/s1. The van der Waals surface area contributed by atoms with Gasteiger partial charge in [0.2, 0.25) is 0 Å². The first-order valence-electron chi connectivity index (χ1n) is 10.8. The second-order valence-corrected chi connectivity index (χ2v) is 8.19. The van der Waals surface area contributed by atoms with Crippen LogP contribution in [0.5, 0.6) is 0 Å². The van der Waals surface area contributed by atoms with Gasteiger partial charge in [0.05, 0.1) is 23.0 Å². The maximum Gasteiger partial charge on any atom is 0.335 e. The number of aryl methyl sites for hydroxylation is 2. The molecule has 3 aromatic heterocycles. The summed E-state index contributed by atoms with van der Waals surface area (Å²) in [7, 11) is 0. The number of hydrogen-bond donors (Lipinski definition) is 1. The zero-order valence-electron chi connectivity index (χ0n) is 18.6. The van der Waals surface area contributed by atoms with Crippen molar-refractivity contribution in [1.29, 1.82) is 0 Å². The van der Waals surface area contributed by atoms with Gasteiger partial charge in [0.15, 0.2) is 0 Å². The lowest BCUT2D eigenvalue weighted by atomic mass is 9.99. The molecule has 5 aromatic rings. The summed E-state index contributed by atoms with van der Waals surface area (Å²) in [4.78, 5) is 15.9. The average molecular weight is 437 g/mol. The van der Waals surface area contributed by atoms with E-state index in [9.17, 15) is 9.90 Å². The molecule has 0 aliphatic heterocycles. The van der Waals surface area contributed by atoms with E-state index in [0.717, 1.165) is 50.3 Å². The molecule has 33 heavy (non-hydrogen) atoms. The maximum absolute atomic E-state index is 11.3. The Morgan fingerprint density at radius 2 is 1.79 bits per heavy atom.